The molecule has 31 heavy (non-hydrogen) atoms. The molecule has 0 bridgehead atoms. The third kappa shape index (κ3) is 6.80. The molecule has 0 N–H and O–H groups in total. The van der Waals surface area contributed by atoms with Crippen molar-refractivity contribution in [3.63, 3.8) is 0 Å². The van der Waals surface area contributed by atoms with E-state index in [1.165, 1.54) is 50.1 Å². The molecule has 0 aliphatic heterocycles. The van der Waals surface area contributed by atoms with E-state index in [0.717, 1.165) is 19.6 Å². The van der Waals surface area contributed by atoms with E-state index in [0.29, 0.717) is 5.92 Å². The number of benzene rings is 2. The molecule has 0 heterocycles. The highest BCUT2D eigenvalue weighted by atomic mass is 16.5. The fourth-order valence-electron chi connectivity index (χ4n) is 4.17. The van der Waals surface area contributed by atoms with E-state index in [2.05, 4.69) is 96.2 Å². The molecule has 1 atom stereocenters. The first-order chi connectivity index (χ1) is 14.8. The van der Waals surface area contributed by atoms with E-state index in [1.54, 1.807) is 0 Å². The molecule has 2 aromatic carbocycles. The van der Waals surface area contributed by atoms with Crippen LogP contribution in [0.1, 0.15) is 69.4 Å². The maximum atomic E-state index is 4.83. The maximum Gasteiger partial charge on any atom is 0.0437 e. The highest BCUT2D eigenvalue weighted by Crippen LogP contribution is 2.33. The van der Waals surface area contributed by atoms with Crippen LogP contribution in [0.25, 0.3) is 5.57 Å². The summed E-state index contributed by atoms with van der Waals surface area (Å²) in [5.41, 5.74) is 12.8. The molecular weight excluding hydrogens is 376 g/mol. The average Bonchev–Trinajstić information content (AvgIpc) is 3.26. The van der Waals surface area contributed by atoms with E-state index in [-0.39, 0.29) is 0 Å². The van der Waals surface area contributed by atoms with E-state index in [4.69, 9.17) is 4.74 Å². The van der Waals surface area contributed by atoms with Crippen LogP contribution in [0, 0.1) is 19.8 Å². The number of hydrogen-bond donors (Lipinski definition) is 0. The summed E-state index contributed by atoms with van der Waals surface area (Å²) in [6.45, 7) is 18.8. The van der Waals surface area contributed by atoms with Crippen LogP contribution in [0.2, 0.25) is 0 Å². The number of fused-ring (bicyclic) bond motifs is 1. The van der Waals surface area contributed by atoms with Crippen molar-refractivity contribution in [1.29, 1.82) is 0 Å². The van der Waals surface area contributed by atoms with Crippen LogP contribution in [-0.2, 0) is 11.2 Å². The second kappa shape index (κ2) is 11.9. The Balaban J connectivity index is 0.000000205. The summed E-state index contributed by atoms with van der Waals surface area (Å²) in [7, 11) is 0. The minimum absolute atomic E-state index is 0.685. The molecule has 2 aliphatic rings. The van der Waals surface area contributed by atoms with Crippen LogP contribution in [0.5, 0.6) is 0 Å². The highest BCUT2D eigenvalue weighted by molar-refractivity contribution is 5.85. The largest absolute Gasteiger partial charge is 0.382 e. The number of rotatable bonds is 3. The lowest BCUT2D eigenvalue weighted by Crippen LogP contribution is -1.89. The number of hydrogen-bond acceptors (Lipinski definition) is 1. The molecule has 2 aromatic rings. The Bertz CT molecular complexity index is 949. The van der Waals surface area contributed by atoms with Crippen molar-refractivity contribution < 1.29 is 4.74 Å². The van der Waals surface area contributed by atoms with Crippen LogP contribution in [-0.4, -0.2) is 13.2 Å². The Morgan fingerprint density at radius 2 is 1.48 bits per heavy atom. The van der Waals surface area contributed by atoms with Crippen molar-refractivity contribution in [2.24, 2.45) is 5.92 Å². The quantitative estimate of drug-likeness (QED) is 0.489. The molecule has 0 aromatic heterocycles. The van der Waals surface area contributed by atoms with Crippen molar-refractivity contribution in [1.82, 2.24) is 0 Å². The van der Waals surface area contributed by atoms with Gasteiger partial charge in [-0.05, 0) is 88.6 Å². The standard InChI is InChI=1S/C17H16.C9H14.C4H10O/c1-12-9-13(2)11-15(10-12)17-8-7-14-5-3-4-6-16(14)17;1-6-5-7(2)9(4)8(6)3;1-3-5-4-2/h3-6,8-11H,7H2,1-2H3;5-6H,1-4H3;3-4H2,1-2H3. The Hall–Kier alpha value is -2.38. The Morgan fingerprint density at radius 3 is 1.94 bits per heavy atom. The first kappa shape index (κ1) is 24.9. The van der Waals surface area contributed by atoms with Crippen LogP contribution >= 0.6 is 0 Å². The zero-order chi connectivity index (χ0) is 23.0. The molecule has 0 radical (unpaired) electrons. The summed E-state index contributed by atoms with van der Waals surface area (Å²) in [6.07, 6.45) is 5.74. The Kier molecular flexibility index (Phi) is 9.52. The van der Waals surface area contributed by atoms with Gasteiger partial charge in [0.1, 0.15) is 0 Å². The zero-order valence-corrected chi connectivity index (χ0v) is 20.8. The summed E-state index contributed by atoms with van der Waals surface area (Å²) in [6, 6.07) is 15.5. The summed E-state index contributed by atoms with van der Waals surface area (Å²) in [5.74, 6) is 0.685. The number of ether oxygens (including phenoxy) is 1. The van der Waals surface area contributed by atoms with Gasteiger partial charge in [-0.2, -0.15) is 0 Å². The van der Waals surface area contributed by atoms with Crippen molar-refractivity contribution in [2.45, 2.75) is 61.8 Å². The van der Waals surface area contributed by atoms with Gasteiger partial charge in [0, 0.05) is 13.2 Å². The smallest absolute Gasteiger partial charge is 0.0437 e. The van der Waals surface area contributed by atoms with E-state index in [9.17, 15) is 0 Å². The van der Waals surface area contributed by atoms with Crippen LogP contribution in [0.4, 0.5) is 0 Å². The van der Waals surface area contributed by atoms with Gasteiger partial charge >= 0.3 is 0 Å². The van der Waals surface area contributed by atoms with Crippen molar-refractivity contribution in [3.05, 3.63) is 99.2 Å². The minimum atomic E-state index is 0.685. The SMILES string of the molecule is CC1=CC(C)C(C)=C1C.CCOCC.Cc1cc(C)cc(C2=CCc3ccccc32)c1. The third-order valence-electron chi connectivity index (χ3n) is 6.14. The highest BCUT2D eigenvalue weighted by Gasteiger charge is 2.15. The summed E-state index contributed by atoms with van der Waals surface area (Å²) in [5, 5.41) is 0. The van der Waals surface area contributed by atoms with Crippen LogP contribution < -0.4 is 0 Å². The van der Waals surface area contributed by atoms with Gasteiger partial charge in [-0.25, -0.2) is 0 Å². The molecule has 0 amide bonds. The van der Waals surface area contributed by atoms with E-state index < -0.39 is 0 Å². The summed E-state index contributed by atoms with van der Waals surface area (Å²) in [4.78, 5) is 0. The number of aryl methyl sites for hydroxylation is 2. The summed E-state index contributed by atoms with van der Waals surface area (Å²) >= 11 is 0. The van der Waals surface area contributed by atoms with Crippen LogP contribution in [0.15, 0.2) is 71.3 Å². The Morgan fingerprint density at radius 1 is 0.871 bits per heavy atom. The molecule has 2 aliphatic carbocycles. The van der Waals surface area contributed by atoms with Gasteiger partial charge in [-0.3, -0.25) is 0 Å². The topological polar surface area (TPSA) is 9.23 Å². The Labute approximate surface area is 190 Å². The van der Waals surface area contributed by atoms with Gasteiger partial charge in [0.2, 0.25) is 0 Å². The second-order valence-electron chi connectivity index (χ2n) is 8.58. The summed E-state index contributed by atoms with van der Waals surface area (Å²) < 4.78 is 4.83. The first-order valence-electron chi connectivity index (χ1n) is 11.6. The third-order valence-corrected chi connectivity index (χ3v) is 6.14. The normalized spacial score (nSPS) is 16.6. The lowest BCUT2D eigenvalue weighted by Gasteiger charge is -2.08. The fourth-order valence-corrected chi connectivity index (χ4v) is 4.17. The van der Waals surface area contributed by atoms with Gasteiger partial charge in [-0.15, -0.1) is 0 Å². The second-order valence-corrected chi connectivity index (χ2v) is 8.58. The van der Waals surface area contributed by atoms with Crippen molar-refractivity contribution >= 4 is 5.57 Å². The van der Waals surface area contributed by atoms with Crippen molar-refractivity contribution in [3.8, 4) is 0 Å². The van der Waals surface area contributed by atoms with Gasteiger partial charge in [0.25, 0.3) is 0 Å². The molecule has 0 saturated heterocycles. The predicted octanol–water partition coefficient (Wildman–Crippen LogP) is 8.25. The maximum absolute atomic E-state index is 4.83. The number of allylic oxidation sites excluding steroid dienone is 5. The van der Waals surface area contributed by atoms with Crippen LogP contribution in [0.3, 0.4) is 0 Å². The first-order valence-corrected chi connectivity index (χ1v) is 11.6. The lowest BCUT2D eigenvalue weighted by molar-refractivity contribution is 0.162. The molecule has 0 fully saturated rings. The lowest BCUT2D eigenvalue weighted by atomic mass is 9.96. The monoisotopic (exact) mass is 416 g/mol. The molecule has 166 valence electrons. The average molecular weight is 417 g/mol. The molecule has 1 heteroatoms. The van der Waals surface area contributed by atoms with Gasteiger partial charge in [0.15, 0.2) is 0 Å². The molecule has 1 unspecified atom stereocenters. The minimum Gasteiger partial charge on any atom is -0.382 e. The van der Waals surface area contributed by atoms with Gasteiger partial charge in [-0.1, -0.05) is 83.8 Å². The van der Waals surface area contributed by atoms with Gasteiger partial charge in [0.05, 0.1) is 0 Å². The molecule has 1 nitrogen and oxygen atoms in total. The van der Waals surface area contributed by atoms with E-state index >= 15 is 0 Å². The molecule has 0 spiro atoms. The predicted molar refractivity (Wildman–Crippen MR) is 137 cm³/mol. The van der Waals surface area contributed by atoms with Crippen molar-refractivity contribution in [2.75, 3.05) is 13.2 Å². The van der Waals surface area contributed by atoms with Gasteiger partial charge < -0.3 is 4.74 Å². The molecule has 0 saturated carbocycles. The molecule has 4 rings (SSSR count). The van der Waals surface area contributed by atoms with E-state index in [1.807, 2.05) is 13.8 Å². The molecular formula is C30H40O. The zero-order valence-electron chi connectivity index (χ0n) is 20.8. The fraction of sp³-hybridized carbons (Fsp3) is 0.400.